The van der Waals surface area contributed by atoms with Crippen molar-refractivity contribution in [1.82, 2.24) is 10.2 Å². The summed E-state index contributed by atoms with van der Waals surface area (Å²) >= 11 is 0. The first-order valence-electron chi connectivity index (χ1n) is 9.63. The van der Waals surface area contributed by atoms with E-state index in [0.717, 1.165) is 31.1 Å². The molecular weight excluding hydrogens is 343 g/mol. The van der Waals surface area contributed by atoms with E-state index in [-0.39, 0.29) is 11.9 Å². The summed E-state index contributed by atoms with van der Waals surface area (Å²) in [6.07, 6.45) is 3.73. The van der Waals surface area contributed by atoms with Gasteiger partial charge in [0.25, 0.3) is 0 Å². The summed E-state index contributed by atoms with van der Waals surface area (Å²) < 4.78 is 24.8. The molecule has 4 nitrogen and oxygen atoms in total. The quantitative estimate of drug-likeness (QED) is 0.754. The third kappa shape index (κ3) is 4.99. The summed E-state index contributed by atoms with van der Waals surface area (Å²) in [6.45, 7) is 3.44. The number of hydrogen-bond donors (Lipinski definition) is 1. The maximum atomic E-state index is 13.9. The van der Waals surface area contributed by atoms with Gasteiger partial charge in [0.05, 0.1) is 14.2 Å². The molecule has 1 fully saturated rings. The highest BCUT2D eigenvalue weighted by atomic mass is 19.1. The second-order valence-corrected chi connectivity index (χ2v) is 6.95. The molecule has 0 bridgehead atoms. The first-order chi connectivity index (χ1) is 13.2. The second-order valence-electron chi connectivity index (χ2n) is 6.95. The highest BCUT2D eigenvalue weighted by Gasteiger charge is 2.23. The Morgan fingerprint density at radius 1 is 1.00 bits per heavy atom. The van der Waals surface area contributed by atoms with Gasteiger partial charge in [-0.1, -0.05) is 30.7 Å². The number of ether oxygens (including phenoxy) is 2. The Morgan fingerprint density at radius 2 is 1.74 bits per heavy atom. The average Bonchev–Trinajstić information content (AvgIpc) is 2.72. The molecule has 0 aliphatic carbocycles. The fourth-order valence-corrected chi connectivity index (χ4v) is 3.73. The number of piperidine rings is 1. The van der Waals surface area contributed by atoms with Gasteiger partial charge in [0.1, 0.15) is 5.82 Å². The minimum Gasteiger partial charge on any atom is -0.493 e. The monoisotopic (exact) mass is 372 g/mol. The van der Waals surface area contributed by atoms with Crippen molar-refractivity contribution in [1.29, 1.82) is 0 Å². The van der Waals surface area contributed by atoms with Crippen molar-refractivity contribution in [2.75, 3.05) is 33.9 Å². The SMILES string of the molecule is COc1ccc(C(CNCc2ccccc2F)N2CCCCC2)cc1OC. The lowest BCUT2D eigenvalue weighted by Crippen LogP contribution is -2.39. The van der Waals surface area contributed by atoms with Crippen LogP contribution in [0, 0.1) is 5.82 Å². The number of nitrogens with one attached hydrogen (secondary N) is 1. The minimum atomic E-state index is -0.161. The van der Waals surface area contributed by atoms with Crippen molar-refractivity contribution in [2.24, 2.45) is 0 Å². The van der Waals surface area contributed by atoms with E-state index in [1.807, 2.05) is 18.2 Å². The Bertz CT molecular complexity index is 732. The largest absolute Gasteiger partial charge is 0.493 e. The van der Waals surface area contributed by atoms with Crippen molar-refractivity contribution in [2.45, 2.75) is 31.8 Å². The van der Waals surface area contributed by atoms with Gasteiger partial charge in [-0.15, -0.1) is 0 Å². The lowest BCUT2D eigenvalue weighted by molar-refractivity contribution is 0.159. The Balaban J connectivity index is 1.75. The first kappa shape index (κ1) is 19.6. The summed E-state index contributed by atoms with van der Waals surface area (Å²) in [5, 5.41) is 3.45. The van der Waals surface area contributed by atoms with Gasteiger partial charge in [-0.25, -0.2) is 4.39 Å². The molecule has 1 aliphatic rings. The van der Waals surface area contributed by atoms with Crippen molar-refractivity contribution in [3.8, 4) is 11.5 Å². The fraction of sp³-hybridized carbons (Fsp3) is 0.455. The summed E-state index contributed by atoms with van der Waals surface area (Å²) in [5.74, 6) is 1.31. The van der Waals surface area contributed by atoms with Gasteiger partial charge >= 0.3 is 0 Å². The lowest BCUT2D eigenvalue weighted by Gasteiger charge is -2.35. The number of rotatable bonds is 8. The number of methoxy groups -OCH3 is 2. The van der Waals surface area contributed by atoms with Gasteiger partial charge in [-0.2, -0.15) is 0 Å². The van der Waals surface area contributed by atoms with Gasteiger partial charge in [0.2, 0.25) is 0 Å². The highest BCUT2D eigenvalue weighted by Crippen LogP contribution is 2.32. The predicted octanol–water partition coefficient (Wildman–Crippen LogP) is 4.16. The van der Waals surface area contributed by atoms with E-state index in [0.29, 0.717) is 12.1 Å². The molecule has 3 rings (SSSR count). The number of hydrogen-bond acceptors (Lipinski definition) is 4. The Labute approximate surface area is 161 Å². The van der Waals surface area contributed by atoms with E-state index in [4.69, 9.17) is 9.47 Å². The number of nitrogens with zero attached hydrogens (tertiary/aromatic N) is 1. The number of halogens is 1. The van der Waals surface area contributed by atoms with E-state index in [2.05, 4.69) is 22.3 Å². The average molecular weight is 372 g/mol. The normalized spacial score (nSPS) is 16.1. The van der Waals surface area contributed by atoms with Gasteiger partial charge in [-0.3, -0.25) is 4.90 Å². The smallest absolute Gasteiger partial charge is 0.161 e. The zero-order valence-corrected chi connectivity index (χ0v) is 16.2. The van der Waals surface area contributed by atoms with Crippen LogP contribution in [-0.4, -0.2) is 38.8 Å². The molecule has 146 valence electrons. The summed E-state index contributed by atoms with van der Waals surface area (Å²) in [5.41, 5.74) is 1.89. The molecule has 0 amide bonds. The van der Waals surface area contributed by atoms with Crippen molar-refractivity contribution in [3.63, 3.8) is 0 Å². The third-order valence-corrected chi connectivity index (χ3v) is 5.23. The molecule has 0 saturated carbocycles. The minimum absolute atomic E-state index is 0.161. The van der Waals surface area contributed by atoms with Crippen LogP contribution in [0.3, 0.4) is 0 Å². The van der Waals surface area contributed by atoms with Crippen molar-refractivity contribution >= 4 is 0 Å². The maximum absolute atomic E-state index is 13.9. The second kappa shape index (κ2) is 9.72. The Hall–Kier alpha value is -2.11. The van der Waals surface area contributed by atoms with E-state index < -0.39 is 0 Å². The molecule has 27 heavy (non-hydrogen) atoms. The van der Waals surface area contributed by atoms with E-state index in [1.54, 1.807) is 20.3 Å². The molecule has 5 heteroatoms. The molecule has 1 heterocycles. The zero-order valence-electron chi connectivity index (χ0n) is 16.2. The molecule has 1 saturated heterocycles. The molecule has 1 aliphatic heterocycles. The molecule has 1 unspecified atom stereocenters. The van der Waals surface area contributed by atoms with Crippen LogP contribution in [0.1, 0.15) is 36.4 Å². The topological polar surface area (TPSA) is 33.7 Å². The summed E-state index contributed by atoms with van der Waals surface area (Å²) in [6, 6.07) is 13.3. The van der Waals surface area contributed by atoms with Crippen LogP contribution in [0.25, 0.3) is 0 Å². The fourth-order valence-electron chi connectivity index (χ4n) is 3.73. The highest BCUT2D eigenvalue weighted by molar-refractivity contribution is 5.44. The van der Waals surface area contributed by atoms with Crippen LogP contribution >= 0.6 is 0 Å². The molecule has 1 N–H and O–H groups in total. The van der Waals surface area contributed by atoms with E-state index in [9.17, 15) is 4.39 Å². The van der Waals surface area contributed by atoms with Crippen LogP contribution in [0.4, 0.5) is 4.39 Å². The van der Waals surface area contributed by atoms with Gasteiger partial charge in [-0.05, 0) is 49.7 Å². The third-order valence-electron chi connectivity index (χ3n) is 5.23. The van der Waals surface area contributed by atoms with Crippen LogP contribution in [0.2, 0.25) is 0 Å². The predicted molar refractivity (Wildman–Crippen MR) is 106 cm³/mol. The van der Waals surface area contributed by atoms with Gasteiger partial charge in [0, 0.05) is 24.7 Å². The van der Waals surface area contributed by atoms with Crippen LogP contribution in [-0.2, 0) is 6.54 Å². The Morgan fingerprint density at radius 3 is 2.44 bits per heavy atom. The van der Waals surface area contributed by atoms with Gasteiger partial charge < -0.3 is 14.8 Å². The van der Waals surface area contributed by atoms with Crippen molar-refractivity contribution in [3.05, 3.63) is 59.4 Å². The number of likely N-dealkylation sites (tertiary alicyclic amines) is 1. The summed E-state index contributed by atoms with van der Waals surface area (Å²) in [7, 11) is 3.31. The standard InChI is InChI=1S/C22H29FN2O2/c1-26-21-11-10-17(14-22(21)27-2)20(25-12-6-3-7-13-25)16-24-15-18-8-4-5-9-19(18)23/h4-5,8-11,14,20,24H,3,6-7,12-13,15-16H2,1-2H3. The molecule has 2 aromatic carbocycles. The first-order valence-corrected chi connectivity index (χ1v) is 9.63. The lowest BCUT2D eigenvalue weighted by atomic mass is 10.0. The molecule has 0 radical (unpaired) electrons. The van der Waals surface area contributed by atoms with Crippen molar-refractivity contribution < 1.29 is 13.9 Å². The zero-order chi connectivity index (χ0) is 19.1. The summed E-state index contributed by atoms with van der Waals surface area (Å²) in [4.78, 5) is 2.51. The Kier molecular flexibility index (Phi) is 7.07. The van der Waals surface area contributed by atoms with E-state index in [1.165, 1.54) is 30.9 Å². The van der Waals surface area contributed by atoms with E-state index >= 15 is 0 Å². The van der Waals surface area contributed by atoms with Gasteiger partial charge in [0.15, 0.2) is 11.5 Å². The molecule has 2 aromatic rings. The van der Waals surface area contributed by atoms with Crippen LogP contribution in [0.5, 0.6) is 11.5 Å². The van der Waals surface area contributed by atoms with Crippen LogP contribution < -0.4 is 14.8 Å². The van der Waals surface area contributed by atoms with Crippen LogP contribution in [0.15, 0.2) is 42.5 Å². The molecule has 1 atom stereocenters. The maximum Gasteiger partial charge on any atom is 0.161 e. The molecule has 0 spiro atoms. The molecule has 0 aromatic heterocycles. The number of benzene rings is 2. The molecular formula is C22H29FN2O2.